The van der Waals surface area contributed by atoms with Gasteiger partial charge < -0.3 is 15.0 Å². The molecular weight excluding hydrogens is 376 g/mol. The van der Waals surface area contributed by atoms with Crippen LogP contribution in [-0.4, -0.2) is 43.0 Å². The molecule has 2 amide bonds. The van der Waals surface area contributed by atoms with Gasteiger partial charge in [-0.25, -0.2) is 0 Å². The first-order valence-electron chi connectivity index (χ1n) is 11.9. The fraction of sp³-hybridized carbons (Fsp3) is 0.680. The Morgan fingerprint density at radius 2 is 1.77 bits per heavy atom. The van der Waals surface area contributed by atoms with Crippen LogP contribution in [0.1, 0.15) is 76.2 Å². The van der Waals surface area contributed by atoms with E-state index in [9.17, 15) is 9.59 Å². The average Bonchev–Trinajstić information content (AvgIpc) is 3.48. The highest BCUT2D eigenvalue weighted by molar-refractivity contribution is 5.89. The van der Waals surface area contributed by atoms with Crippen molar-refractivity contribution in [3.8, 4) is 5.75 Å². The Labute approximate surface area is 180 Å². The summed E-state index contributed by atoms with van der Waals surface area (Å²) in [6.45, 7) is 1.35. The summed E-state index contributed by atoms with van der Waals surface area (Å²) in [7, 11) is 1.72. The van der Waals surface area contributed by atoms with Gasteiger partial charge in [-0.1, -0.05) is 50.3 Å². The van der Waals surface area contributed by atoms with E-state index in [0.29, 0.717) is 6.54 Å². The summed E-state index contributed by atoms with van der Waals surface area (Å²) >= 11 is 0. The van der Waals surface area contributed by atoms with E-state index in [-0.39, 0.29) is 29.2 Å². The first kappa shape index (κ1) is 21.2. The van der Waals surface area contributed by atoms with Gasteiger partial charge in [-0.15, -0.1) is 0 Å². The van der Waals surface area contributed by atoms with Crippen LogP contribution < -0.4 is 10.1 Å². The number of carbonyl (C=O) groups is 2. The molecule has 0 spiro atoms. The van der Waals surface area contributed by atoms with E-state index >= 15 is 0 Å². The first-order chi connectivity index (χ1) is 14.6. The Morgan fingerprint density at radius 1 is 1.03 bits per heavy atom. The van der Waals surface area contributed by atoms with Gasteiger partial charge in [0.05, 0.1) is 7.11 Å². The second-order valence-corrected chi connectivity index (χ2v) is 9.43. The van der Waals surface area contributed by atoms with Gasteiger partial charge in [0.2, 0.25) is 11.8 Å². The predicted molar refractivity (Wildman–Crippen MR) is 117 cm³/mol. The molecule has 1 N–H and O–H groups in total. The summed E-state index contributed by atoms with van der Waals surface area (Å²) in [4.78, 5) is 28.1. The summed E-state index contributed by atoms with van der Waals surface area (Å²) in [6.07, 6.45) is 11.7. The van der Waals surface area contributed by atoms with Gasteiger partial charge in [-0.3, -0.25) is 9.59 Å². The van der Waals surface area contributed by atoms with E-state index in [0.717, 1.165) is 63.7 Å². The zero-order valence-corrected chi connectivity index (χ0v) is 18.3. The number of ether oxygens (including phenoxy) is 1. The minimum absolute atomic E-state index is 0.0258. The van der Waals surface area contributed by atoms with Crippen molar-refractivity contribution in [2.24, 2.45) is 5.92 Å². The molecule has 5 nitrogen and oxygen atoms in total. The van der Waals surface area contributed by atoms with E-state index < -0.39 is 0 Å². The smallest absolute Gasteiger partial charge is 0.242 e. The molecule has 1 heterocycles. The van der Waals surface area contributed by atoms with E-state index in [1.165, 1.54) is 24.8 Å². The van der Waals surface area contributed by atoms with Gasteiger partial charge in [0.15, 0.2) is 0 Å². The number of nitrogens with one attached hydrogen (secondary N) is 1. The molecular formula is C25H36N2O3. The molecule has 30 heavy (non-hydrogen) atoms. The van der Waals surface area contributed by atoms with Crippen molar-refractivity contribution in [3.63, 3.8) is 0 Å². The normalized spacial score (nSPS) is 24.0. The Hall–Kier alpha value is -2.04. The number of carbonyl (C=O) groups excluding carboxylic acids is 2. The molecule has 3 aliphatic rings. The number of methoxy groups -OCH3 is 1. The molecule has 1 aromatic carbocycles. The van der Waals surface area contributed by atoms with Crippen molar-refractivity contribution in [2.45, 2.75) is 82.1 Å². The second-order valence-electron chi connectivity index (χ2n) is 9.43. The number of hydrogen-bond acceptors (Lipinski definition) is 3. The molecule has 1 saturated heterocycles. The Balaban J connectivity index is 1.44. The standard InChI is InChI=1S/C25H36N2O3/c1-30-22-14-6-5-12-20(22)25(15-7-8-16-25)18-26-23(28)21-13-9-17-27(21)24(29)19-10-3-2-4-11-19/h5-6,12,14,19,21H,2-4,7-11,13,15-18H2,1H3,(H,26,28)/t21-/m0/s1. The number of para-hydroxylation sites is 1. The summed E-state index contributed by atoms with van der Waals surface area (Å²) in [6, 6.07) is 7.91. The minimum Gasteiger partial charge on any atom is -0.496 e. The molecule has 3 fully saturated rings. The topological polar surface area (TPSA) is 58.6 Å². The van der Waals surface area contributed by atoms with Gasteiger partial charge in [0.1, 0.15) is 11.8 Å². The largest absolute Gasteiger partial charge is 0.496 e. The van der Waals surface area contributed by atoms with Crippen LogP contribution in [0.4, 0.5) is 0 Å². The van der Waals surface area contributed by atoms with Gasteiger partial charge in [0.25, 0.3) is 0 Å². The van der Waals surface area contributed by atoms with Crippen LogP contribution in [0.2, 0.25) is 0 Å². The van der Waals surface area contributed by atoms with E-state index in [1.54, 1.807) is 7.11 Å². The number of hydrogen-bond donors (Lipinski definition) is 1. The molecule has 0 radical (unpaired) electrons. The molecule has 2 saturated carbocycles. The lowest BCUT2D eigenvalue weighted by atomic mass is 9.78. The van der Waals surface area contributed by atoms with Gasteiger partial charge in [-0.2, -0.15) is 0 Å². The van der Waals surface area contributed by atoms with Crippen molar-refractivity contribution in [1.82, 2.24) is 10.2 Å². The summed E-state index contributed by atoms with van der Waals surface area (Å²) < 4.78 is 5.64. The van der Waals surface area contributed by atoms with Crippen molar-refractivity contribution >= 4 is 11.8 Å². The highest BCUT2D eigenvalue weighted by Gasteiger charge is 2.41. The van der Waals surface area contributed by atoms with Crippen LogP contribution in [0.3, 0.4) is 0 Å². The molecule has 0 bridgehead atoms. The molecule has 2 aliphatic carbocycles. The summed E-state index contributed by atoms with van der Waals surface area (Å²) in [5.74, 6) is 1.27. The van der Waals surface area contributed by atoms with E-state index in [4.69, 9.17) is 4.74 Å². The second kappa shape index (κ2) is 9.40. The fourth-order valence-corrected chi connectivity index (χ4v) is 5.94. The SMILES string of the molecule is COc1ccccc1C1(CNC(=O)[C@@H]2CCCN2C(=O)C2CCCCC2)CCCC1. The van der Waals surface area contributed by atoms with Crippen molar-refractivity contribution in [3.05, 3.63) is 29.8 Å². The van der Waals surface area contributed by atoms with E-state index in [1.807, 2.05) is 17.0 Å². The quantitative estimate of drug-likeness (QED) is 0.762. The molecule has 1 atom stereocenters. The Kier molecular flexibility index (Phi) is 6.64. The van der Waals surface area contributed by atoms with Gasteiger partial charge >= 0.3 is 0 Å². The average molecular weight is 413 g/mol. The number of amides is 2. The molecule has 1 aromatic rings. The number of benzene rings is 1. The molecule has 4 rings (SSSR count). The highest BCUT2D eigenvalue weighted by Crippen LogP contribution is 2.44. The third-order valence-electron chi connectivity index (χ3n) is 7.63. The molecule has 164 valence electrons. The third-order valence-corrected chi connectivity index (χ3v) is 7.63. The Morgan fingerprint density at radius 3 is 2.50 bits per heavy atom. The monoisotopic (exact) mass is 412 g/mol. The fourth-order valence-electron chi connectivity index (χ4n) is 5.94. The zero-order valence-electron chi connectivity index (χ0n) is 18.3. The maximum absolute atomic E-state index is 13.2. The molecule has 5 heteroatoms. The maximum Gasteiger partial charge on any atom is 0.242 e. The molecule has 0 unspecified atom stereocenters. The summed E-state index contributed by atoms with van der Waals surface area (Å²) in [5.41, 5.74) is 1.13. The first-order valence-corrected chi connectivity index (χ1v) is 11.9. The highest BCUT2D eigenvalue weighted by atomic mass is 16.5. The minimum atomic E-state index is -0.296. The number of rotatable bonds is 6. The number of nitrogens with zero attached hydrogens (tertiary/aromatic N) is 1. The Bertz CT molecular complexity index is 751. The van der Waals surface area contributed by atoms with Crippen molar-refractivity contribution < 1.29 is 14.3 Å². The van der Waals surface area contributed by atoms with Crippen molar-refractivity contribution in [1.29, 1.82) is 0 Å². The third kappa shape index (κ3) is 4.21. The van der Waals surface area contributed by atoms with Crippen LogP contribution >= 0.6 is 0 Å². The van der Waals surface area contributed by atoms with Crippen LogP contribution in [0.25, 0.3) is 0 Å². The van der Waals surface area contributed by atoms with E-state index in [2.05, 4.69) is 17.4 Å². The lowest BCUT2D eigenvalue weighted by molar-refractivity contribution is -0.142. The van der Waals surface area contributed by atoms with Crippen LogP contribution in [0.5, 0.6) is 5.75 Å². The summed E-state index contributed by atoms with van der Waals surface area (Å²) in [5, 5.41) is 3.26. The van der Waals surface area contributed by atoms with Crippen LogP contribution in [0.15, 0.2) is 24.3 Å². The molecule has 1 aliphatic heterocycles. The van der Waals surface area contributed by atoms with Crippen LogP contribution in [0, 0.1) is 5.92 Å². The van der Waals surface area contributed by atoms with Crippen LogP contribution in [-0.2, 0) is 15.0 Å². The van der Waals surface area contributed by atoms with Gasteiger partial charge in [0, 0.05) is 30.0 Å². The van der Waals surface area contributed by atoms with Crippen molar-refractivity contribution in [2.75, 3.05) is 20.2 Å². The van der Waals surface area contributed by atoms with Gasteiger partial charge in [-0.05, 0) is 44.6 Å². The predicted octanol–water partition coefficient (Wildman–Crippen LogP) is 4.19. The number of likely N-dealkylation sites (tertiary alicyclic amines) is 1. The lowest BCUT2D eigenvalue weighted by Gasteiger charge is -2.33. The lowest BCUT2D eigenvalue weighted by Crippen LogP contribution is -2.50. The molecule has 0 aromatic heterocycles. The zero-order chi connectivity index (χ0) is 21.0. The maximum atomic E-state index is 13.2.